The molecule has 0 saturated carbocycles. The van der Waals surface area contributed by atoms with Crippen molar-refractivity contribution in [3.63, 3.8) is 0 Å². The van der Waals surface area contributed by atoms with Gasteiger partial charge in [-0.2, -0.15) is 0 Å². The molecule has 1 aromatic heterocycles. The third-order valence-electron chi connectivity index (χ3n) is 3.10. The summed E-state index contributed by atoms with van der Waals surface area (Å²) in [6, 6.07) is 9.22. The Morgan fingerprint density at radius 2 is 2.04 bits per heavy atom. The predicted octanol–water partition coefficient (Wildman–Crippen LogP) is 3.32. The number of thioether (sulfide) groups is 1. The maximum Gasteiger partial charge on any atom is 0.307 e. The Hall–Kier alpha value is -2.28. The Morgan fingerprint density at radius 1 is 1.29 bits per heavy atom. The van der Waals surface area contributed by atoms with E-state index < -0.39 is 11.9 Å². The van der Waals surface area contributed by atoms with Crippen molar-refractivity contribution in [2.45, 2.75) is 24.3 Å². The molecular weight excluding hydrogens is 333 g/mol. The Kier molecular flexibility index (Phi) is 6.87. The number of hydrogen-bond acceptors (Lipinski definition) is 5. The first-order valence-corrected chi connectivity index (χ1v) is 8.40. The van der Waals surface area contributed by atoms with E-state index in [4.69, 9.17) is 9.15 Å². The van der Waals surface area contributed by atoms with E-state index in [9.17, 15) is 14.0 Å². The molecule has 1 aromatic carbocycles. The number of nitrogens with one attached hydrogen (secondary N) is 1. The quantitative estimate of drug-likeness (QED) is 0.584. The van der Waals surface area contributed by atoms with Crippen molar-refractivity contribution < 1.29 is 23.1 Å². The van der Waals surface area contributed by atoms with E-state index in [1.807, 2.05) is 0 Å². The summed E-state index contributed by atoms with van der Waals surface area (Å²) in [4.78, 5) is 24.2. The second kappa shape index (κ2) is 9.12. The summed E-state index contributed by atoms with van der Waals surface area (Å²) in [5.74, 6) is -0.0164. The molecule has 0 saturated heterocycles. The van der Waals surface area contributed by atoms with Gasteiger partial charge in [0.1, 0.15) is 11.6 Å². The Bertz CT molecular complexity index is 658. The van der Waals surface area contributed by atoms with Crippen LogP contribution in [0.3, 0.4) is 0 Å². The standard InChI is InChI=1S/C17H18FNO4S/c1-12(15-3-2-9-22-15)19-16(20)11-23-17(21)8-10-24-14-6-4-13(18)5-7-14/h2-7,9,12H,8,10-11H2,1H3,(H,19,20). The minimum Gasteiger partial charge on any atom is -0.467 e. The van der Waals surface area contributed by atoms with Gasteiger partial charge < -0.3 is 14.5 Å². The highest BCUT2D eigenvalue weighted by atomic mass is 32.2. The maximum atomic E-state index is 12.8. The second-order valence-corrected chi connectivity index (χ2v) is 6.19. The molecule has 128 valence electrons. The molecule has 0 radical (unpaired) electrons. The highest BCUT2D eigenvalue weighted by Crippen LogP contribution is 2.19. The lowest BCUT2D eigenvalue weighted by Crippen LogP contribution is -2.31. The predicted molar refractivity (Wildman–Crippen MR) is 88.0 cm³/mol. The zero-order valence-electron chi connectivity index (χ0n) is 13.2. The summed E-state index contributed by atoms with van der Waals surface area (Å²) in [5, 5.41) is 2.67. The van der Waals surface area contributed by atoms with Gasteiger partial charge in [0.15, 0.2) is 6.61 Å². The van der Waals surface area contributed by atoms with Gasteiger partial charge in [-0.25, -0.2) is 4.39 Å². The van der Waals surface area contributed by atoms with Crippen LogP contribution in [0.5, 0.6) is 0 Å². The van der Waals surface area contributed by atoms with Crippen LogP contribution in [0.2, 0.25) is 0 Å². The number of hydrogen-bond donors (Lipinski definition) is 1. The van der Waals surface area contributed by atoms with E-state index in [0.29, 0.717) is 11.5 Å². The third-order valence-corrected chi connectivity index (χ3v) is 4.11. The van der Waals surface area contributed by atoms with Crippen LogP contribution in [0.1, 0.15) is 25.1 Å². The van der Waals surface area contributed by atoms with Gasteiger partial charge in [-0.1, -0.05) is 0 Å². The van der Waals surface area contributed by atoms with Crippen LogP contribution in [0.15, 0.2) is 52.0 Å². The zero-order valence-corrected chi connectivity index (χ0v) is 14.0. The molecule has 0 aliphatic carbocycles. The smallest absolute Gasteiger partial charge is 0.307 e. The minimum absolute atomic E-state index is 0.170. The van der Waals surface area contributed by atoms with Crippen LogP contribution >= 0.6 is 11.8 Å². The summed E-state index contributed by atoms with van der Waals surface area (Å²) in [6.07, 6.45) is 1.69. The number of halogens is 1. The normalized spacial score (nSPS) is 11.8. The van der Waals surface area contributed by atoms with Gasteiger partial charge in [-0.15, -0.1) is 11.8 Å². The van der Waals surface area contributed by atoms with Gasteiger partial charge in [-0.3, -0.25) is 9.59 Å². The highest BCUT2D eigenvalue weighted by Gasteiger charge is 2.13. The maximum absolute atomic E-state index is 12.8. The fourth-order valence-corrected chi connectivity index (χ4v) is 2.73. The molecule has 0 fully saturated rings. The van der Waals surface area contributed by atoms with Crippen molar-refractivity contribution in [2.24, 2.45) is 0 Å². The van der Waals surface area contributed by atoms with Crippen LogP contribution in [-0.2, 0) is 14.3 Å². The first-order valence-electron chi connectivity index (χ1n) is 7.41. The molecule has 1 atom stereocenters. The number of esters is 1. The molecule has 24 heavy (non-hydrogen) atoms. The number of carbonyl (C=O) groups excluding carboxylic acids is 2. The molecule has 7 heteroatoms. The largest absolute Gasteiger partial charge is 0.467 e. The van der Waals surface area contributed by atoms with Crippen LogP contribution in [0.4, 0.5) is 4.39 Å². The van der Waals surface area contributed by atoms with Gasteiger partial charge >= 0.3 is 5.97 Å². The van der Waals surface area contributed by atoms with E-state index in [2.05, 4.69) is 5.32 Å². The van der Waals surface area contributed by atoms with Gasteiger partial charge in [0.2, 0.25) is 0 Å². The molecule has 1 unspecified atom stereocenters. The molecule has 5 nitrogen and oxygen atoms in total. The lowest BCUT2D eigenvalue weighted by atomic mass is 10.2. The molecule has 2 aromatic rings. The number of carbonyl (C=O) groups is 2. The number of amides is 1. The van der Waals surface area contributed by atoms with Gasteiger partial charge in [0.25, 0.3) is 5.91 Å². The summed E-state index contributed by atoms with van der Waals surface area (Å²) < 4.78 is 22.9. The van der Waals surface area contributed by atoms with E-state index in [1.165, 1.54) is 30.2 Å². The van der Waals surface area contributed by atoms with Crippen LogP contribution < -0.4 is 5.32 Å². The molecule has 0 spiro atoms. The molecule has 1 amide bonds. The van der Waals surface area contributed by atoms with Crippen LogP contribution in [0, 0.1) is 5.82 Å². The lowest BCUT2D eigenvalue weighted by Gasteiger charge is -2.11. The summed E-state index contributed by atoms with van der Waals surface area (Å²) in [5.41, 5.74) is 0. The first-order chi connectivity index (χ1) is 11.5. The molecule has 1 heterocycles. The number of ether oxygens (including phenoxy) is 1. The average Bonchev–Trinajstić information content (AvgIpc) is 3.09. The van der Waals surface area contributed by atoms with Crippen molar-refractivity contribution in [1.82, 2.24) is 5.32 Å². The van der Waals surface area contributed by atoms with Crippen LogP contribution in [0.25, 0.3) is 0 Å². The monoisotopic (exact) mass is 351 g/mol. The fourth-order valence-electron chi connectivity index (χ4n) is 1.89. The van der Waals surface area contributed by atoms with Crippen LogP contribution in [-0.4, -0.2) is 24.2 Å². The van der Waals surface area contributed by atoms with E-state index in [-0.39, 0.29) is 24.9 Å². The number of benzene rings is 1. The van der Waals surface area contributed by atoms with Gasteiger partial charge in [-0.05, 0) is 43.3 Å². The molecule has 0 aliphatic heterocycles. The molecule has 1 N–H and O–H groups in total. The summed E-state index contributed by atoms with van der Waals surface area (Å²) in [6.45, 7) is 1.45. The first kappa shape index (κ1) is 18.1. The van der Waals surface area contributed by atoms with Crippen molar-refractivity contribution in [2.75, 3.05) is 12.4 Å². The molecule has 0 bridgehead atoms. The van der Waals surface area contributed by atoms with E-state index >= 15 is 0 Å². The highest BCUT2D eigenvalue weighted by molar-refractivity contribution is 7.99. The number of furan rings is 1. The average molecular weight is 351 g/mol. The summed E-state index contributed by atoms with van der Waals surface area (Å²) >= 11 is 1.42. The van der Waals surface area contributed by atoms with Crippen molar-refractivity contribution in [1.29, 1.82) is 0 Å². The molecule has 0 aliphatic rings. The van der Waals surface area contributed by atoms with E-state index in [1.54, 1.807) is 31.2 Å². The van der Waals surface area contributed by atoms with E-state index in [0.717, 1.165) is 4.90 Å². The van der Waals surface area contributed by atoms with Gasteiger partial charge in [0.05, 0.1) is 18.7 Å². The SMILES string of the molecule is CC(NC(=O)COC(=O)CCSc1ccc(F)cc1)c1ccco1. The Labute approximate surface area is 143 Å². The molecular formula is C17H18FNO4S. The molecule has 2 rings (SSSR count). The topological polar surface area (TPSA) is 68.5 Å². The van der Waals surface area contributed by atoms with Crippen molar-refractivity contribution >= 4 is 23.6 Å². The van der Waals surface area contributed by atoms with Gasteiger partial charge in [0, 0.05) is 10.6 Å². The fraction of sp³-hybridized carbons (Fsp3) is 0.294. The Balaban J connectivity index is 1.62. The second-order valence-electron chi connectivity index (χ2n) is 5.02. The van der Waals surface area contributed by atoms with Crippen molar-refractivity contribution in [3.05, 3.63) is 54.2 Å². The zero-order chi connectivity index (χ0) is 17.4. The third kappa shape index (κ3) is 6.08. The minimum atomic E-state index is -0.453. The Morgan fingerprint density at radius 3 is 2.71 bits per heavy atom. The summed E-state index contributed by atoms with van der Waals surface area (Å²) in [7, 11) is 0. The van der Waals surface area contributed by atoms with Crippen molar-refractivity contribution in [3.8, 4) is 0 Å². The number of rotatable bonds is 8. The lowest BCUT2D eigenvalue weighted by molar-refractivity contribution is -0.148.